The molecule has 2 heterocycles. The average Bonchev–Trinajstić information content (AvgIpc) is 3.01. The van der Waals surface area contributed by atoms with Gasteiger partial charge in [-0.15, -0.1) is 0 Å². The Kier molecular flexibility index (Phi) is 3.04. The van der Waals surface area contributed by atoms with Crippen LogP contribution in [0.1, 0.15) is 0 Å². The lowest BCUT2D eigenvalue weighted by Gasteiger charge is -2.08. The van der Waals surface area contributed by atoms with Crippen molar-refractivity contribution in [2.75, 3.05) is 12.0 Å². The zero-order valence-electron chi connectivity index (χ0n) is 12.7. The van der Waals surface area contributed by atoms with E-state index in [4.69, 9.17) is 5.73 Å². The van der Waals surface area contributed by atoms with Gasteiger partial charge in [-0.1, -0.05) is 6.07 Å². The van der Waals surface area contributed by atoms with E-state index in [1.165, 1.54) is 12.3 Å². The van der Waals surface area contributed by atoms with Gasteiger partial charge in [0.25, 0.3) is 0 Å². The summed E-state index contributed by atoms with van der Waals surface area (Å²) in [4.78, 5) is 4.81. The van der Waals surface area contributed by atoms with Crippen molar-refractivity contribution in [1.29, 1.82) is 0 Å². The molecule has 0 radical (unpaired) electrons. The van der Waals surface area contributed by atoms with Crippen molar-refractivity contribution in [2.24, 2.45) is 0 Å². The Morgan fingerprint density at radius 2 is 1.71 bits per heavy atom. The quantitative estimate of drug-likeness (QED) is 0.578. The maximum Gasteiger partial charge on any atom is 0.175 e. The Balaban J connectivity index is 1.91. The number of nitrogens with one attached hydrogen (secondary N) is 1. The molecule has 8 heteroatoms. The summed E-state index contributed by atoms with van der Waals surface area (Å²) in [6, 6.07) is 12.1. The van der Waals surface area contributed by atoms with E-state index in [2.05, 4.69) is 20.4 Å². The molecular weight excluding hydrogens is 326 g/mol. The molecule has 7 nitrogen and oxygen atoms in total. The first-order chi connectivity index (χ1) is 11.4. The van der Waals surface area contributed by atoms with Crippen molar-refractivity contribution >= 4 is 37.5 Å². The van der Waals surface area contributed by atoms with Gasteiger partial charge in [0.2, 0.25) is 0 Å². The smallest absolute Gasteiger partial charge is 0.175 e. The van der Waals surface area contributed by atoms with Gasteiger partial charge in [-0.2, -0.15) is 15.4 Å². The van der Waals surface area contributed by atoms with Crippen LogP contribution in [0.5, 0.6) is 0 Å². The normalized spacial score (nSPS) is 12.0. The first kappa shape index (κ1) is 14.6. The number of anilines is 1. The highest BCUT2D eigenvalue weighted by atomic mass is 32.2. The molecule has 120 valence electrons. The second-order valence-electron chi connectivity index (χ2n) is 5.57. The first-order valence-electron chi connectivity index (χ1n) is 7.13. The van der Waals surface area contributed by atoms with Gasteiger partial charge in [-0.25, -0.2) is 13.4 Å². The third-order valence-electron chi connectivity index (χ3n) is 3.85. The number of hydrogen-bond donors (Lipinski definition) is 2. The Hall–Kier alpha value is -3.00. The highest BCUT2D eigenvalue weighted by Gasteiger charge is 2.12. The van der Waals surface area contributed by atoms with Gasteiger partial charge in [-0.3, -0.25) is 0 Å². The molecule has 4 rings (SSSR count). The van der Waals surface area contributed by atoms with Crippen molar-refractivity contribution in [3.63, 3.8) is 0 Å². The molecule has 4 aromatic rings. The summed E-state index contributed by atoms with van der Waals surface area (Å²) in [6.45, 7) is 0. The Morgan fingerprint density at radius 1 is 0.958 bits per heavy atom. The van der Waals surface area contributed by atoms with Crippen LogP contribution >= 0.6 is 0 Å². The van der Waals surface area contributed by atoms with Gasteiger partial charge < -0.3 is 5.73 Å². The minimum Gasteiger partial charge on any atom is -0.398 e. The molecule has 0 spiro atoms. The van der Waals surface area contributed by atoms with E-state index in [1.54, 1.807) is 18.2 Å². The number of nitrogen functional groups attached to an aromatic ring is 1. The fourth-order valence-electron chi connectivity index (χ4n) is 2.61. The van der Waals surface area contributed by atoms with Gasteiger partial charge in [0.15, 0.2) is 9.84 Å². The van der Waals surface area contributed by atoms with Crippen molar-refractivity contribution in [3.8, 4) is 11.3 Å². The van der Waals surface area contributed by atoms with E-state index in [-0.39, 0.29) is 4.90 Å². The summed E-state index contributed by atoms with van der Waals surface area (Å²) >= 11 is 0. The summed E-state index contributed by atoms with van der Waals surface area (Å²) in [5.41, 5.74) is 10.3. The standard InChI is InChI=1S/C16H13N5O2S/c1-24(22,23)10-3-5-13-11(7-10)12(17)8-15(18-13)9-2-4-14-16(6-9)20-21-19-14/h2-8H,1H3,(H2,17,18)(H,19,20,21). The number of fused-ring (bicyclic) bond motifs is 2. The summed E-state index contributed by atoms with van der Waals surface area (Å²) in [6.07, 6.45) is 1.17. The molecule has 2 aromatic heterocycles. The van der Waals surface area contributed by atoms with Crippen LogP contribution in [-0.2, 0) is 9.84 Å². The van der Waals surface area contributed by atoms with Crippen LogP contribution in [0.3, 0.4) is 0 Å². The van der Waals surface area contributed by atoms with Gasteiger partial charge in [0.1, 0.15) is 11.0 Å². The van der Waals surface area contributed by atoms with Gasteiger partial charge in [0, 0.05) is 22.9 Å². The lowest BCUT2D eigenvalue weighted by molar-refractivity contribution is 0.602. The predicted octanol–water partition coefficient (Wildman–Crippen LogP) is 2.16. The first-order valence-corrected chi connectivity index (χ1v) is 9.02. The number of H-pyrrole nitrogens is 1. The Morgan fingerprint density at radius 3 is 2.50 bits per heavy atom. The lowest BCUT2D eigenvalue weighted by Crippen LogP contribution is -1.99. The summed E-state index contributed by atoms with van der Waals surface area (Å²) in [5, 5.41) is 11.3. The molecule has 0 saturated heterocycles. The molecule has 0 saturated carbocycles. The zero-order valence-corrected chi connectivity index (χ0v) is 13.5. The second-order valence-corrected chi connectivity index (χ2v) is 7.59. The SMILES string of the molecule is CS(=O)(=O)c1ccc2nc(-c3ccc4n[nH]nc4c3)cc(N)c2c1. The highest BCUT2D eigenvalue weighted by molar-refractivity contribution is 7.90. The Labute approximate surface area is 137 Å². The third kappa shape index (κ3) is 2.37. The van der Waals surface area contributed by atoms with Gasteiger partial charge in [0.05, 0.1) is 16.1 Å². The molecule has 2 aromatic carbocycles. The molecule has 24 heavy (non-hydrogen) atoms. The highest BCUT2D eigenvalue weighted by Crippen LogP contribution is 2.29. The van der Waals surface area contributed by atoms with E-state index in [0.717, 1.165) is 16.6 Å². The Bertz CT molecular complexity index is 1200. The van der Waals surface area contributed by atoms with Crippen molar-refractivity contribution < 1.29 is 8.42 Å². The summed E-state index contributed by atoms with van der Waals surface area (Å²) in [5.74, 6) is 0. The van der Waals surface area contributed by atoms with Crippen molar-refractivity contribution in [1.82, 2.24) is 20.4 Å². The van der Waals surface area contributed by atoms with E-state index in [1.807, 2.05) is 18.2 Å². The van der Waals surface area contributed by atoms with Crippen molar-refractivity contribution in [2.45, 2.75) is 4.90 Å². The number of nitrogens with zero attached hydrogens (tertiary/aromatic N) is 3. The summed E-state index contributed by atoms with van der Waals surface area (Å²) in [7, 11) is -3.29. The molecule has 0 atom stereocenters. The van der Waals surface area contributed by atoms with Crippen LogP contribution in [0, 0.1) is 0 Å². The van der Waals surface area contributed by atoms with Crippen LogP contribution < -0.4 is 5.73 Å². The molecule has 0 amide bonds. The third-order valence-corrected chi connectivity index (χ3v) is 4.96. The van der Waals surface area contributed by atoms with Crippen molar-refractivity contribution in [3.05, 3.63) is 42.5 Å². The maximum absolute atomic E-state index is 11.7. The predicted molar refractivity (Wildman–Crippen MR) is 92.1 cm³/mol. The monoisotopic (exact) mass is 339 g/mol. The minimum absolute atomic E-state index is 0.222. The minimum atomic E-state index is -3.29. The molecule has 0 bridgehead atoms. The maximum atomic E-state index is 11.7. The zero-order chi connectivity index (χ0) is 16.9. The van der Waals surface area contributed by atoms with E-state index < -0.39 is 9.84 Å². The number of pyridine rings is 1. The second kappa shape index (κ2) is 5.00. The molecule has 0 unspecified atom stereocenters. The van der Waals surface area contributed by atoms with E-state index in [0.29, 0.717) is 22.3 Å². The van der Waals surface area contributed by atoms with Gasteiger partial charge in [-0.05, 0) is 36.4 Å². The fraction of sp³-hybridized carbons (Fsp3) is 0.0625. The van der Waals surface area contributed by atoms with Gasteiger partial charge >= 0.3 is 0 Å². The molecular formula is C16H13N5O2S. The van der Waals surface area contributed by atoms with E-state index >= 15 is 0 Å². The molecule has 0 fully saturated rings. The molecule has 0 aliphatic heterocycles. The number of aromatic amines is 1. The topological polar surface area (TPSA) is 115 Å². The molecule has 0 aliphatic rings. The number of hydrogen-bond acceptors (Lipinski definition) is 6. The lowest BCUT2D eigenvalue weighted by atomic mass is 10.1. The van der Waals surface area contributed by atoms with Crippen LogP contribution in [0.25, 0.3) is 33.2 Å². The van der Waals surface area contributed by atoms with Crippen LogP contribution in [0.4, 0.5) is 5.69 Å². The number of nitrogens with two attached hydrogens (primary N) is 1. The molecule has 3 N–H and O–H groups in total. The number of sulfone groups is 1. The average molecular weight is 339 g/mol. The largest absolute Gasteiger partial charge is 0.398 e. The van der Waals surface area contributed by atoms with Crippen LogP contribution in [0.15, 0.2) is 47.4 Å². The molecule has 0 aliphatic carbocycles. The fourth-order valence-corrected chi connectivity index (χ4v) is 3.26. The van der Waals surface area contributed by atoms with E-state index in [9.17, 15) is 8.42 Å². The summed E-state index contributed by atoms with van der Waals surface area (Å²) < 4.78 is 23.4. The number of benzene rings is 2. The number of rotatable bonds is 2. The van der Waals surface area contributed by atoms with Crippen LogP contribution in [0.2, 0.25) is 0 Å². The van der Waals surface area contributed by atoms with Crippen LogP contribution in [-0.4, -0.2) is 35.1 Å². The number of aromatic nitrogens is 4.